The van der Waals surface area contributed by atoms with Crippen LogP contribution in [0.2, 0.25) is 0 Å². The molecule has 3 aromatic rings. The lowest BCUT2D eigenvalue weighted by molar-refractivity contribution is 0.0692. The average Bonchev–Trinajstić information content (AvgIpc) is 2.96. The lowest BCUT2D eigenvalue weighted by Crippen LogP contribution is -2.16. The zero-order valence-corrected chi connectivity index (χ0v) is 12.4. The maximum Gasteiger partial charge on any atom is 0.336 e. The highest BCUT2D eigenvalue weighted by atomic mass is 16.4. The zero-order chi connectivity index (χ0) is 17.1. The van der Waals surface area contributed by atoms with Crippen molar-refractivity contribution in [2.24, 2.45) is 0 Å². The van der Waals surface area contributed by atoms with Gasteiger partial charge in [0.05, 0.1) is 16.8 Å². The second-order valence-electron chi connectivity index (χ2n) is 4.98. The van der Waals surface area contributed by atoms with Gasteiger partial charge >= 0.3 is 5.97 Å². The maximum absolute atomic E-state index is 12.3. The molecular formula is C17H13N3O4. The minimum atomic E-state index is -1.20. The summed E-state index contributed by atoms with van der Waals surface area (Å²) < 4.78 is 1.28. The zero-order valence-electron chi connectivity index (χ0n) is 12.4. The van der Waals surface area contributed by atoms with Crippen LogP contribution in [-0.4, -0.2) is 26.8 Å². The summed E-state index contributed by atoms with van der Waals surface area (Å²) in [6.45, 7) is 0. The Morgan fingerprint density at radius 3 is 2.25 bits per heavy atom. The molecule has 3 N–H and O–H groups in total. The molecule has 0 fully saturated rings. The molecule has 0 saturated carbocycles. The van der Waals surface area contributed by atoms with E-state index in [0.29, 0.717) is 5.69 Å². The van der Waals surface area contributed by atoms with Crippen LogP contribution >= 0.6 is 0 Å². The molecule has 1 heterocycles. The number of anilines is 1. The van der Waals surface area contributed by atoms with E-state index in [1.165, 1.54) is 28.9 Å². The molecule has 2 aromatic carbocycles. The minimum absolute atomic E-state index is 0.0123. The Bertz CT molecular complexity index is 957. The van der Waals surface area contributed by atoms with Crippen LogP contribution in [0, 0.1) is 0 Å². The summed E-state index contributed by atoms with van der Waals surface area (Å²) >= 11 is 0. The number of H-pyrrole nitrogens is 1. The number of aromatic nitrogens is 2. The number of carboxylic acid groups (broad SMARTS) is 1. The molecule has 7 nitrogen and oxygen atoms in total. The van der Waals surface area contributed by atoms with Gasteiger partial charge in [-0.3, -0.25) is 14.7 Å². The number of carbonyl (C=O) groups is 2. The van der Waals surface area contributed by atoms with E-state index in [9.17, 15) is 14.4 Å². The van der Waals surface area contributed by atoms with Gasteiger partial charge in [0.15, 0.2) is 0 Å². The van der Waals surface area contributed by atoms with E-state index in [1.807, 2.05) is 6.07 Å². The number of nitrogens with zero attached hydrogens (tertiary/aromatic N) is 1. The summed E-state index contributed by atoms with van der Waals surface area (Å²) in [5.41, 5.74) is 0.176. The van der Waals surface area contributed by atoms with E-state index in [2.05, 4.69) is 10.4 Å². The Hall–Kier alpha value is -3.61. The minimum Gasteiger partial charge on any atom is -0.478 e. The molecular weight excluding hydrogens is 310 g/mol. The fourth-order valence-corrected chi connectivity index (χ4v) is 2.29. The highest BCUT2D eigenvalue weighted by Crippen LogP contribution is 2.12. The van der Waals surface area contributed by atoms with Gasteiger partial charge in [-0.2, -0.15) is 0 Å². The molecule has 1 aromatic heterocycles. The van der Waals surface area contributed by atoms with Crippen LogP contribution in [-0.2, 0) is 0 Å². The average molecular weight is 323 g/mol. The van der Waals surface area contributed by atoms with Gasteiger partial charge in [-0.25, -0.2) is 9.48 Å². The normalized spacial score (nSPS) is 10.3. The van der Waals surface area contributed by atoms with Crippen LogP contribution in [0.5, 0.6) is 0 Å². The first-order chi connectivity index (χ1) is 11.6. The Morgan fingerprint density at radius 2 is 1.58 bits per heavy atom. The summed E-state index contributed by atoms with van der Waals surface area (Å²) in [6.07, 6.45) is 0. The molecule has 120 valence electrons. The quantitative estimate of drug-likeness (QED) is 0.684. The fourth-order valence-electron chi connectivity index (χ4n) is 2.29. The van der Waals surface area contributed by atoms with E-state index in [1.54, 1.807) is 30.3 Å². The van der Waals surface area contributed by atoms with Crippen LogP contribution in [0.1, 0.15) is 20.7 Å². The molecule has 0 spiro atoms. The monoisotopic (exact) mass is 323 g/mol. The second-order valence-corrected chi connectivity index (χ2v) is 4.98. The lowest BCUT2D eigenvalue weighted by atomic mass is 10.1. The topological polar surface area (TPSA) is 104 Å². The van der Waals surface area contributed by atoms with E-state index >= 15 is 0 Å². The molecule has 0 saturated heterocycles. The first kappa shape index (κ1) is 15.3. The summed E-state index contributed by atoms with van der Waals surface area (Å²) in [7, 11) is 0. The number of aromatic amines is 1. The Balaban J connectivity index is 1.89. The molecule has 0 aliphatic heterocycles. The predicted octanol–water partition coefficient (Wildman–Crippen LogP) is 2.12. The van der Waals surface area contributed by atoms with Crippen LogP contribution < -0.4 is 10.9 Å². The maximum atomic E-state index is 12.3. The third-order valence-electron chi connectivity index (χ3n) is 3.39. The number of rotatable bonds is 4. The first-order valence-corrected chi connectivity index (χ1v) is 7.07. The van der Waals surface area contributed by atoms with Crippen molar-refractivity contribution in [2.45, 2.75) is 0 Å². The molecule has 1 amide bonds. The molecule has 24 heavy (non-hydrogen) atoms. The SMILES string of the molecule is O=C(O)c1ccccc1C(=O)Nc1cc(=O)n(-c2ccccc2)[nH]1. The van der Waals surface area contributed by atoms with Gasteiger partial charge in [0.1, 0.15) is 5.82 Å². The predicted molar refractivity (Wildman–Crippen MR) is 87.7 cm³/mol. The van der Waals surface area contributed by atoms with Crippen LogP contribution in [0.4, 0.5) is 5.82 Å². The van der Waals surface area contributed by atoms with Crippen molar-refractivity contribution >= 4 is 17.7 Å². The van der Waals surface area contributed by atoms with E-state index < -0.39 is 11.9 Å². The van der Waals surface area contributed by atoms with Gasteiger partial charge in [-0.05, 0) is 24.3 Å². The van der Waals surface area contributed by atoms with Crippen LogP contribution in [0.3, 0.4) is 0 Å². The number of carbonyl (C=O) groups excluding carboxylic acids is 1. The Labute approximate surface area is 136 Å². The number of benzene rings is 2. The number of amides is 1. The standard InChI is InChI=1S/C17H13N3O4/c21-15-10-14(19-20(15)11-6-2-1-3-7-11)18-16(22)12-8-4-5-9-13(12)17(23)24/h1-10,19H,(H,18,22)(H,23,24). The molecule has 0 radical (unpaired) electrons. The van der Waals surface area contributed by atoms with Crippen LogP contribution in [0.25, 0.3) is 5.69 Å². The van der Waals surface area contributed by atoms with Gasteiger partial charge in [-0.1, -0.05) is 30.3 Å². The van der Waals surface area contributed by atoms with E-state index in [-0.39, 0.29) is 22.5 Å². The van der Waals surface area contributed by atoms with Gasteiger partial charge in [0.2, 0.25) is 0 Å². The summed E-state index contributed by atoms with van der Waals surface area (Å²) in [6, 6.07) is 15.9. The number of hydrogen-bond acceptors (Lipinski definition) is 3. The third-order valence-corrected chi connectivity index (χ3v) is 3.39. The molecule has 3 rings (SSSR count). The van der Waals surface area contributed by atoms with Crippen LogP contribution in [0.15, 0.2) is 65.5 Å². The van der Waals surface area contributed by atoms with Crippen molar-refractivity contribution in [1.82, 2.24) is 9.78 Å². The third kappa shape index (κ3) is 2.95. The van der Waals surface area contributed by atoms with E-state index in [4.69, 9.17) is 5.11 Å². The number of para-hydroxylation sites is 1. The van der Waals surface area contributed by atoms with Crippen molar-refractivity contribution in [3.63, 3.8) is 0 Å². The fraction of sp³-hybridized carbons (Fsp3) is 0. The highest BCUT2D eigenvalue weighted by molar-refractivity contribution is 6.10. The van der Waals surface area contributed by atoms with Crippen molar-refractivity contribution in [1.29, 1.82) is 0 Å². The molecule has 0 bridgehead atoms. The van der Waals surface area contributed by atoms with Gasteiger partial charge in [0.25, 0.3) is 11.5 Å². The van der Waals surface area contributed by atoms with Gasteiger partial charge in [0, 0.05) is 6.07 Å². The number of aromatic carboxylic acids is 1. The smallest absolute Gasteiger partial charge is 0.336 e. The molecule has 0 unspecified atom stereocenters. The van der Waals surface area contributed by atoms with Crippen molar-refractivity contribution in [2.75, 3.05) is 5.32 Å². The Morgan fingerprint density at radius 1 is 0.958 bits per heavy atom. The molecule has 7 heteroatoms. The highest BCUT2D eigenvalue weighted by Gasteiger charge is 2.17. The molecule has 0 aliphatic carbocycles. The van der Waals surface area contributed by atoms with Crippen molar-refractivity contribution in [3.8, 4) is 5.69 Å². The summed E-state index contributed by atoms with van der Waals surface area (Å²) in [5.74, 6) is -1.64. The van der Waals surface area contributed by atoms with Gasteiger partial charge in [-0.15, -0.1) is 0 Å². The second kappa shape index (κ2) is 6.25. The number of nitrogens with one attached hydrogen (secondary N) is 2. The molecule has 0 atom stereocenters. The summed E-state index contributed by atoms with van der Waals surface area (Å²) in [5, 5.41) is 14.4. The summed E-state index contributed by atoms with van der Waals surface area (Å²) in [4.78, 5) is 35.5. The number of hydrogen-bond donors (Lipinski definition) is 3. The number of carboxylic acids is 1. The largest absolute Gasteiger partial charge is 0.478 e. The molecule has 0 aliphatic rings. The lowest BCUT2D eigenvalue weighted by Gasteiger charge is -2.06. The Kier molecular flexibility index (Phi) is 3.98. The first-order valence-electron chi connectivity index (χ1n) is 7.07. The van der Waals surface area contributed by atoms with Crippen molar-refractivity contribution < 1.29 is 14.7 Å². The van der Waals surface area contributed by atoms with E-state index in [0.717, 1.165) is 0 Å². The van der Waals surface area contributed by atoms with Crippen molar-refractivity contribution in [3.05, 3.63) is 82.1 Å². The van der Waals surface area contributed by atoms with Gasteiger partial charge < -0.3 is 10.4 Å².